The summed E-state index contributed by atoms with van der Waals surface area (Å²) in [6, 6.07) is 2.32. The Morgan fingerprint density at radius 2 is 2.15 bits per heavy atom. The molecule has 0 saturated heterocycles. The van der Waals surface area contributed by atoms with E-state index < -0.39 is 0 Å². The van der Waals surface area contributed by atoms with Crippen LogP contribution in [-0.4, -0.2) is 18.8 Å². The number of hydrogen-bond donors (Lipinski definition) is 1. The summed E-state index contributed by atoms with van der Waals surface area (Å²) < 4.78 is 5.62. The first kappa shape index (κ1) is 10.5. The highest BCUT2D eigenvalue weighted by Gasteiger charge is 2.21. The Kier molecular flexibility index (Phi) is 4.81. The highest BCUT2D eigenvalue weighted by atomic mass is 16.5. The van der Waals surface area contributed by atoms with E-state index in [0.717, 1.165) is 19.3 Å². The average Bonchev–Trinajstić information content (AvgIpc) is 2.15. The van der Waals surface area contributed by atoms with Gasteiger partial charge in [-0.15, -0.1) is 0 Å². The van der Waals surface area contributed by atoms with Gasteiger partial charge in [-0.05, 0) is 19.3 Å². The summed E-state index contributed by atoms with van der Waals surface area (Å²) in [6.45, 7) is 0.686. The highest BCUT2D eigenvalue weighted by Crippen LogP contribution is 2.19. The molecule has 0 spiro atoms. The van der Waals surface area contributed by atoms with Gasteiger partial charge in [-0.1, -0.05) is 12.8 Å². The topological polar surface area (TPSA) is 59.0 Å². The zero-order chi connectivity index (χ0) is 9.52. The van der Waals surface area contributed by atoms with Crippen LogP contribution in [0.5, 0.6) is 0 Å². The fourth-order valence-electron chi connectivity index (χ4n) is 1.72. The molecule has 1 aliphatic rings. The van der Waals surface area contributed by atoms with Crippen LogP contribution in [0, 0.1) is 11.3 Å². The second-order valence-corrected chi connectivity index (χ2v) is 3.62. The molecule has 0 bridgehead atoms. The molecule has 0 heterocycles. The van der Waals surface area contributed by atoms with Gasteiger partial charge >= 0.3 is 0 Å². The molecule has 0 aromatic heterocycles. The number of nitrogens with zero attached hydrogens (tertiary/aromatic N) is 1. The average molecular weight is 182 g/mol. The van der Waals surface area contributed by atoms with Gasteiger partial charge in [0, 0.05) is 19.1 Å². The van der Waals surface area contributed by atoms with Crippen LogP contribution in [-0.2, 0) is 4.74 Å². The first-order valence-corrected chi connectivity index (χ1v) is 5.08. The Labute approximate surface area is 79.9 Å². The van der Waals surface area contributed by atoms with Crippen molar-refractivity contribution < 1.29 is 4.74 Å². The van der Waals surface area contributed by atoms with Gasteiger partial charge in [-0.25, -0.2) is 0 Å². The molecule has 0 radical (unpaired) electrons. The maximum atomic E-state index is 8.32. The summed E-state index contributed by atoms with van der Waals surface area (Å²) in [7, 11) is 0. The molecule has 2 unspecified atom stereocenters. The Morgan fingerprint density at radius 3 is 2.85 bits per heavy atom. The maximum Gasteiger partial charge on any atom is 0.0725 e. The van der Waals surface area contributed by atoms with E-state index in [-0.39, 0.29) is 12.1 Å². The van der Waals surface area contributed by atoms with Crippen molar-refractivity contribution in [3.8, 4) is 6.07 Å². The van der Waals surface area contributed by atoms with Crippen LogP contribution >= 0.6 is 0 Å². The van der Waals surface area contributed by atoms with Gasteiger partial charge in [0.2, 0.25) is 0 Å². The van der Waals surface area contributed by atoms with Crippen LogP contribution in [0.25, 0.3) is 0 Å². The van der Waals surface area contributed by atoms with Crippen molar-refractivity contribution in [2.24, 2.45) is 5.73 Å². The molecule has 3 heteroatoms. The third kappa shape index (κ3) is 3.75. The fourth-order valence-corrected chi connectivity index (χ4v) is 1.72. The lowest BCUT2D eigenvalue weighted by Gasteiger charge is -2.28. The van der Waals surface area contributed by atoms with Crippen LogP contribution < -0.4 is 5.73 Å². The third-order valence-electron chi connectivity index (χ3n) is 2.52. The Hall–Kier alpha value is -0.590. The van der Waals surface area contributed by atoms with Crippen molar-refractivity contribution in [3.05, 3.63) is 0 Å². The first-order chi connectivity index (χ1) is 6.34. The van der Waals surface area contributed by atoms with Gasteiger partial charge in [-0.3, -0.25) is 0 Å². The van der Waals surface area contributed by atoms with Gasteiger partial charge in [0.25, 0.3) is 0 Å². The summed E-state index contributed by atoms with van der Waals surface area (Å²) in [4.78, 5) is 0. The van der Waals surface area contributed by atoms with Crippen molar-refractivity contribution in [1.82, 2.24) is 0 Å². The van der Waals surface area contributed by atoms with E-state index in [9.17, 15) is 0 Å². The molecule has 0 aromatic carbocycles. The van der Waals surface area contributed by atoms with E-state index in [2.05, 4.69) is 6.07 Å². The van der Waals surface area contributed by atoms with E-state index in [1.54, 1.807) is 0 Å². The molecule has 1 fully saturated rings. The van der Waals surface area contributed by atoms with Gasteiger partial charge in [0.1, 0.15) is 0 Å². The number of unbranched alkanes of at least 4 members (excludes halogenated alkanes) is 1. The summed E-state index contributed by atoms with van der Waals surface area (Å²) in [6.07, 6.45) is 6.31. The minimum absolute atomic E-state index is 0.218. The molecule has 1 saturated carbocycles. The SMILES string of the molecule is N#CCCCOC1CCCCC1N. The molecule has 74 valence electrons. The van der Waals surface area contributed by atoms with E-state index in [1.165, 1.54) is 12.8 Å². The van der Waals surface area contributed by atoms with Crippen LogP contribution in [0.4, 0.5) is 0 Å². The predicted octanol–water partition coefficient (Wildman–Crippen LogP) is 1.58. The molecule has 2 N–H and O–H groups in total. The number of nitriles is 1. The lowest BCUT2D eigenvalue weighted by atomic mass is 9.93. The minimum Gasteiger partial charge on any atom is -0.377 e. The van der Waals surface area contributed by atoms with Gasteiger partial charge in [-0.2, -0.15) is 5.26 Å². The van der Waals surface area contributed by atoms with Crippen LogP contribution in [0.2, 0.25) is 0 Å². The second-order valence-electron chi connectivity index (χ2n) is 3.62. The van der Waals surface area contributed by atoms with Crippen molar-refractivity contribution in [1.29, 1.82) is 5.26 Å². The Morgan fingerprint density at radius 1 is 1.38 bits per heavy atom. The second kappa shape index (κ2) is 5.95. The van der Waals surface area contributed by atoms with Gasteiger partial charge in [0.05, 0.1) is 12.2 Å². The van der Waals surface area contributed by atoms with Crippen LogP contribution in [0.3, 0.4) is 0 Å². The van der Waals surface area contributed by atoms with Crippen molar-refractivity contribution in [2.75, 3.05) is 6.61 Å². The summed E-state index contributed by atoms with van der Waals surface area (Å²) in [5.41, 5.74) is 5.90. The summed E-state index contributed by atoms with van der Waals surface area (Å²) in [5, 5.41) is 8.32. The van der Waals surface area contributed by atoms with Gasteiger partial charge in [0.15, 0.2) is 0 Å². The summed E-state index contributed by atoms with van der Waals surface area (Å²) >= 11 is 0. The highest BCUT2D eigenvalue weighted by molar-refractivity contribution is 4.78. The number of nitrogens with two attached hydrogens (primary N) is 1. The largest absolute Gasteiger partial charge is 0.377 e. The minimum atomic E-state index is 0.218. The molecule has 0 amide bonds. The van der Waals surface area contributed by atoms with Crippen LogP contribution in [0.1, 0.15) is 38.5 Å². The van der Waals surface area contributed by atoms with Crippen molar-refractivity contribution in [3.63, 3.8) is 0 Å². The molecule has 13 heavy (non-hydrogen) atoms. The zero-order valence-electron chi connectivity index (χ0n) is 8.04. The molecule has 1 rings (SSSR count). The first-order valence-electron chi connectivity index (χ1n) is 5.08. The lowest BCUT2D eigenvalue weighted by molar-refractivity contribution is 0.0144. The quantitative estimate of drug-likeness (QED) is 0.671. The van der Waals surface area contributed by atoms with Crippen molar-refractivity contribution >= 4 is 0 Å². The number of hydrogen-bond acceptors (Lipinski definition) is 3. The van der Waals surface area contributed by atoms with Crippen LogP contribution in [0.15, 0.2) is 0 Å². The van der Waals surface area contributed by atoms with Gasteiger partial charge < -0.3 is 10.5 Å². The smallest absolute Gasteiger partial charge is 0.0725 e. The number of ether oxygens (including phenoxy) is 1. The normalized spacial score (nSPS) is 28.3. The van der Waals surface area contributed by atoms with Crippen molar-refractivity contribution in [2.45, 2.75) is 50.7 Å². The maximum absolute atomic E-state index is 8.32. The molecular weight excluding hydrogens is 164 g/mol. The lowest BCUT2D eigenvalue weighted by Crippen LogP contribution is -2.39. The van der Waals surface area contributed by atoms with E-state index >= 15 is 0 Å². The Balaban J connectivity index is 2.09. The van der Waals surface area contributed by atoms with E-state index in [0.29, 0.717) is 13.0 Å². The molecular formula is C10H18N2O. The third-order valence-corrected chi connectivity index (χ3v) is 2.52. The predicted molar refractivity (Wildman–Crippen MR) is 51.0 cm³/mol. The number of rotatable bonds is 4. The zero-order valence-corrected chi connectivity index (χ0v) is 8.04. The monoisotopic (exact) mass is 182 g/mol. The fraction of sp³-hybridized carbons (Fsp3) is 0.900. The molecule has 1 aliphatic carbocycles. The van der Waals surface area contributed by atoms with E-state index in [1.807, 2.05) is 0 Å². The molecule has 0 aliphatic heterocycles. The molecule has 0 aromatic rings. The Bertz CT molecular complexity index is 176. The van der Waals surface area contributed by atoms with E-state index in [4.69, 9.17) is 15.7 Å². The molecule has 2 atom stereocenters. The molecule has 3 nitrogen and oxygen atoms in total. The standard InChI is InChI=1S/C10H18N2O/c11-7-3-4-8-13-10-6-2-1-5-9(10)12/h9-10H,1-6,8,12H2. The summed E-state index contributed by atoms with van der Waals surface area (Å²) in [5.74, 6) is 0.